The van der Waals surface area contributed by atoms with Crippen LogP contribution in [-0.4, -0.2) is 43.0 Å². The summed E-state index contributed by atoms with van der Waals surface area (Å²) in [6.07, 6.45) is 0.323. The average molecular weight is 386 g/mol. The lowest BCUT2D eigenvalue weighted by atomic mass is 10.0. The minimum Gasteiger partial charge on any atom is -0.308 e. The predicted molar refractivity (Wildman–Crippen MR) is 110 cm³/mol. The molecular weight excluding hydrogens is 361 g/mol. The first-order valence-corrected chi connectivity index (χ1v) is 9.72. The van der Waals surface area contributed by atoms with E-state index in [0.29, 0.717) is 23.6 Å². The lowest BCUT2D eigenvalue weighted by Gasteiger charge is -2.22. The topological polar surface area (TPSA) is 36.4 Å². The van der Waals surface area contributed by atoms with Crippen LogP contribution in [0.3, 0.4) is 0 Å². The van der Waals surface area contributed by atoms with Gasteiger partial charge in [-0.25, -0.2) is 9.37 Å². The summed E-state index contributed by atoms with van der Waals surface area (Å²) < 4.78 is 14.3. The molecule has 27 heavy (non-hydrogen) atoms. The van der Waals surface area contributed by atoms with E-state index in [1.54, 1.807) is 11.0 Å². The number of carbonyl (C=O) groups is 1. The van der Waals surface area contributed by atoms with E-state index in [2.05, 4.69) is 11.1 Å². The summed E-state index contributed by atoms with van der Waals surface area (Å²) in [5.41, 5.74) is 4.03. The van der Waals surface area contributed by atoms with Crippen LogP contribution >= 0.6 is 11.3 Å². The van der Waals surface area contributed by atoms with Crippen molar-refractivity contribution in [1.29, 1.82) is 0 Å². The van der Waals surface area contributed by atoms with Crippen LogP contribution in [0.15, 0.2) is 36.4 Å². The molecule has 0 saturated heterocycles. The van der Waals surface area contributed by atoms with Crippen LogP contribution in [-0.2, 0) is 11.2 Å². The number of amides is 1. The van der Waals surface area contributed by atoms with Crippen molar-refractivity contribution >= 4 is 32.6 Å². The number of halogens is 1. The SMILES string of the molecule is Cc1ccc(CC(=O)N(CCN(C)C)c2nc3ccc(F)cc3s2)c(C)c1. The number of carbonyl (C=O) groups excluding carboxylic acids is 1. The van der Waals surface area contributed by atoms with Crippen molar-refractivity contribution in [3.8, 4) is 0 Å². The van der Waals surface area contributed by atoms with Crippen molar-refractivity contribution < 1.29 is 9.18 Å². The minimum atomic E-state index is -0.292. The highest BCUT2D eigenvalue weighted by atomic mass is 32.1. The van der Waals surface area contributed by atoms with E-state index < -0.39 is 0 Å². The Kier molecular flexibility index (Phi) is 5.87. The number of thiazole rings is 1. The van der Waals surface area contributed by atoms with Crippen LogP contribution < -0.4 is 4.90 Å². The number of rotatable bonds is 6. The van der Waals surface area contributed by atoms with Gasteiger partial charge in [0.05, 0.1) is 16.6 Å². The first-order valence-electron chi connectivity index (χ1n) is 8.91. The van der Waals surface area contributed by atoms with Crippen molar-refractivity contribution in [1.82, 2.24) is 9.88 Å². The van der Waals surface area contributed by atoms with Crippen molar-refractivity contribution in [2.75, 3.05) is 32.1 Å². The lowest BCUT2D eigenvalue weighted by molar-refractivity contribution is -0.118. The molecule has 0 radical (unpaired) electrons. The number of likely N-dealkylation sites (N-methyl/N-ethyl adjacent to an activating group) is 1. The number of hydrogen-bond donors (Lipinski definition) is 0. The molecule has 0 fully saturated rings. The summed E-state index contributed by atoms with van der Waals surface area (Å²) in [5, 5.41) is 0.618. The molecule has 0 aliphatic heterocycles. The number of hydrogen-bond acceptors (Lipinski definition) is 4. The van der Waals surface area contributed by atoms with Crippen molar-refractivity contribution in [3.63, 3.8) is 0 Å². The molecule has 1 amide bonds. The monoisotopic (exact) mass is 385 g/mol. The molecule has 0 saturated carbocycles. The van der Waals surface area contributed by atoms with Crippen LogP contribution in [0.2, 0.25) is 0 Å². The summed E-state index contributed by atoms with van der Waals surface area (Å²) in [4.78, 5) is 21.4. The van der Waals surface area contributed by atoms with E-state index in [4.69, 9.17) is 0 Å². The third-order valence-electron chi connectivity index (χ3n) is 4.48. The van der Waals surface area contributed by atoms with Gasteiger partial charge in [0.1, 0.15) is 5.82 Å². The standard InChI is InChI=1S/C21H24FN3OS/c1-14-5-6-16(15(2)11-14)12-20(26)25(10-9-24(3)4)21-23-18-8-7-17(22)13-19(18)27-21/h5-8,11,13H,9-10,12H2,1-4H3. The van der Waals surface area contributed by atoms with Gasteiger partial charge in [0, 0.05) is 13.1 Å². The number of fused-ring (bicyclic) bond motifs is 1. The molecule has 3 rings (SSSR count). The van der Waals surface area contributed by atoms with Crippen LogP contribution in [0.1, 0.15) is 16.7 Å². The van der Waals surface area contributed by atoms with Crippen molar-refractivity contribution in [3.05, 3.63) is 58.9 Å². The Morgan fingerprint density at radius 3 is 2.59 bits per heavy atom. The van der Waals surface area contributed by atoms with Gasteiger partial charge < -0.3 is 4.90 Å². The molecule has 1 heterocycles. The van der Waals surface area contributed by atoms with Gasteiger partial charge in [-0.1, -0.05) is 35.1 Å². The van der Waals surface area contributed by atoms with Crippen LogP contribution in [0.25, 0.3) is 10.2 Å². The van der Waals surface area contributed by atoms with Gasteiger partial charge >= 0.3 is 0 Å². The lowest BCUT2D eigenvalue weighted by Crippen LogP contribution is -2.37. The second kappa shape index (κ2) is 8.15. The Labute approximate surface area is 163 Å². The van der Waals surface area contributed by atoms with E-state index >= 15 is 0 Å². The summed E-state index contributed by atoms with van der Waals surface area (Å²) in [5.74, 6) is -0.289. The largest absolute Gasteiger partial charge is 0.308 e. The molecule has 142 valence electrons. The quantitative estimate of drug-likeness (QED) is 0.638. The minimum absolute atomic E-state index is 0.00308. The molecular formula is C21H24FN3OS. The Morgan fingerprint density at radius 1 is 1.11 bits per heavy atom. The Bertz CT molecular complexity index is 967. The Morgan fingerprint density at radius 2 is 1.89 bits per heavy atom. The summed E-state index contributed by atoms with van der Waals surface area (Å²) >= 11 is 1.35. The highest BCUT2D eigenvalue weighted by Crippen LogP contribution is 2.30. The molecule has 0 atom stereocenters. The van der Waals surface area contributed by atoms with E-state index in [9.17, 15) is 9.18 Å². The number of anilines is 1. The maximum atomic E-state index is 13.5. The normalized spacial score (nSPS) is 11.3. The summed E-state index contributed by atoms with van der Waals surface area (Å²) in [7, 11) is 3.95. The Balaban J connectivity index is 1.90. The third-order valence-corrected chi connectivity index (χ3v) is 5.52. The zero-order valence-electron chi connectivity index (χ0n) is 16.1. The predicted octanol–water partition coefficient (Wildman–Crippen LogP) is 4.19. The van der Waals surface area contributed by atoms with Crippen molar-refractivity contribution in [2.24, 2.45) is 0 Å². The van der Waals surface area contributed by atoms with Gasteiger partial charge in [-0.3, -0.25) is 9.69 Å². The Hall–Kier alpha value is -2.31. The van der Waals surface area contributed by atoms with Gasteiger partial charge in [0.2, 0.25) is 5.91 Å². The fraction of sp³-hybridized carbons (Fsp3) is 0.333. The fourth-order valence-electron chi connectivity index (χ4n) is 2.93. The molecule has 6 heteroatoms. The first-order chi connectivity index (χ1) is 12.8. The molecule has 1 aromatic heterocycles. The van der Waals surface area contributed by atoms with Gasteiger partial charge in [-0.05, 0) is 57.3 Å². The smallest absolute Gasteiger partial charge is 0.233 e. The molecule has 0 unspecified atom stereocenters. The molecule has 0 aliphatic carbocycles. The fourth-order valence-corrected chi connectivity index (χ4v) is 3.97. The molecule has 2 aromatic carbocycles. The van der Waals surface area contributed by atoms with Gasteiger partial charge in [0.15, 0.2) is 5.13 Å². The van der Waals surface area contributed by atoms with Gasteiger partial charge in [0.25, 0.3) is 0 Å². The average Bonchev–Trinajstić information content (AvgIpc) is 3.00. The summed E-state index contributed by atoms with van der Waals surface area (Å²) in [6.45, 7) is 5.34. The molecule has 0 aliphatic rings. The van der Waals surface area contributed by atoms with E-state index in [0.717, 1.165) is 22.4 Å². The van der Waals surface area contributed by atoms with Crippen LogP contribution in [0.4, 0.5) is 9.52 Å². The molecule has 4 nitrogen and oxygen atoms in total. The maximum absolute atomic E-state index is 13.5. The molecule has 0 bridgehead atoms. The highest BCUT2D eigenvalue weighted by molar-refractivity contribution is 7.22. The second-order valence-corrected chi connectivity index (χ2v) is 8.07. The first kappa shape index (κ1) is 19.5. The number of aryl methyl sites for hydroxylation is 2. The van der Waals surface area contributed by atoms with Gasteiger partial charge in [-0.2, -0.15) is 0 Å². The zero-order chi connectivity index (χ0) is 19.6. The van der Waals surface area contributed by atoms with E-state index in [1.165, 1.54) is 29.0 Å². The van der Waals surface area contributed by atoms with E-state index in [-0.39, 0.29) is 11.7 Å². The maximum Gasteiger partial charge on any atom is 0.233 e. The van der Waals surface area contributed by atoms with Crippen molar-refractivity contribution in [2.45, 2.75) is 20.3 Å². The highest BCUT2D eigenvalue weighted by Gasteiger charge is 2.21. The van der Waals surface area contributed by atoms with Crippen LogP contribution in [0.5, 0.6) is 0 Å². The second-order valence-electron chi connectivity index (χ2n) is 7.06. The third kappa shape index (κ3) is 4.70. The molecule has 0 spiro atoms. The van der Waals surface area contributed by atoms with Crippen LogP contribution in [0, 0.1) is 19.7 Å². The molecule has 0 N–H and O–H groups in total. The van der Waals surface area contributed by atoms with E-state index in [1.807, 2.05) is 45.0 Å². The number of nitrogens with zero attached hydrogens (tertiary/aromatic N) is 3. The molecule has 3 aromatic rings. The summed E-state index contributed by atoms with van der Waals surface area (Å²) in [6, 6.07) is 10.7. The number of benzene rings is 2. The van der Waals surface area contributed by atoms with Gasteiger partial charge in [-0.15, -0.1) is 0 Å². The number of aromatic nitrogens is 1. The zero-order valence-corrected chi connectivity index (χ0v) is 16.9.